The normalized spacial score (nSPS) is 51.6. The largest absolute Gasteiger partial charge is 0.393 e. The lowest BCUT2D eigenvalue weighted by Crippen LogP contribution is -2.55. The number of allylic oxidation sites excluding steroid dienone is 3. The number of rotatable bonds is 4. The molecular formula is C28H44O2. The van der Waals surface area contributed by atoms with Crippen molar-refractivity contribution in [1.82, 2.24) is 0 Å². The third kappa shape index (κ3) is 2.81. The van der Waals surface area contributed by atoms with E-state index in [0.717, 1.165) is 37.0 Å². The van der Waals surface area contributed by atoms with Crippen molar-refractivity contribution in [2.75, 3.05) is 0 Å². The zero-order valence-electron chi connectivity index (χ0n) is 20.2. The Morgan fingerprint density at radius 2 is 1.77 bits per heavy atom. The maximum Gasteiger partial charge on any atom is 0.107 e. The van der Waals surface area contributed by atoms with Gasteiger partial charge in [0.2, 0.25) is 0 Å². The molecule has 3 saturated carbocycles. The molecule has 0 amide bonds. The van der Waals surface area contributed by atoms with Crippen LogP contribution in [0.25, 0.3) is 0 Å². The zero-order chi connectivity index (χ0) is 21.5. The molecule has 1 aliphatic heterocycles. The van der Waals surface area contributed by atoms with Gasteiger partial charge in [-0.1, -0.05) is 65.3 Å². The van der Waals surface area contributed by atoms with Gasteiger partial charge in [-0.2, -0.15) is 0 Å². The van der Waals surface area contributed by atoms with E-state index in [2.05, 4.69) is 59.8 Å². The molecule has 0 aromatic carbocycles. The van der Waals surface area contributed by atoms with Crippen LogP contribution < -0.4 is 0 Å². The minimum Gasteiger partial charge on any atom is -0.393 e. The zero-order valence-corrected chi connectivity index (χ0v) is 20.2. The predicted molar refractivity (Wildman–Crippen MR) is 123 cm³/mol. The van der Waals surface area contributed by atoms with Gasteiger partial charge < -0.3 is 9.84 Å². The number of hydrogen-bond donors (Lipinski definition) is 1. The van der Waals surface area contributed by atoms with Gasteiger partial charge in [0.25, 0.3) is 0 Å². The summed E-state index contributed by atoms with van der Waals surface area (Å²) in [4.78, 5) is 0. The average Bonchev–Trinajstić information content (AvgIpc) is 3.27. The van der Waals surface area contributed by atoms with Gasteiger partial charge in [-0.3, -0.25) is 0 Å². The van der Waals surface area contributed by atoms with E-state index >= 15 is 0 Å². The Hall–Kier alpha value is -0.600. The van der Waals surface area contributed by atoms with Gasteiger partial charge in [-0.05, 0) is 79.4 Å². The fourth-order valence-corrected chi connectivity index (χ4v) is 8.52. The second kappa shape index (κ2) is 6.95. The van der Waals surface area contributed by atoms with Gasteiger partial charge in [0, 0.05) is 11.8 Å². The van der Waals surface area contributed by atoms with Gasteiger partial charge in [0.1, 0.15) is 11.7 Å². The number of hydrogen-bond acceptors (Lipinski definition) is 2. The summed E-state index contributed by atoms with van der Waals surface area (Å²) in [6.45, 7) is 14.6. The lowest BCUT2D eigenvalue weighted by Gasteiger charge is -2.56. The SMILES string of the molecule is CC(C)[C@@H](C)/C=C/[C@@H](C)[C@@H]1CC[C@@H]2C3=C[C@@H]4O[C@]45C[C@H](O)CC[C@@]5(C)[C@H]3CC[C@]21C. The van der Waals surface area contributed by atoms with Gasteiger partial charge in [-0.15, -0.1) is 0 Å². The summed E-state index contributed by atoms with van der Waals surface area (Å²) in [7, 11) is 0. The van der Waals surface area contributed by atoms with E-state index in [-0.39, 0.29) is 23.2 Å². The third-order valence-corrected chi connectivity index (χ3v) is 10.9. The first kappa shape index (κ1) is 21.3. The van der Waals surface area contributed by atoms with E-state index in [0.29, 0.717) is 23.2 Å². The van der Waals surface area contributed by atoms with Crippen LogP contribution >= 0.6 is 0 Å². The Bertz CT molecular complexity index is 752. The second-order valence-electron chi connectivity index (χ2n) is 12.6. The molecule has 1 saturated heterocycles. The molecule has 1 N–H and O–H groups in total. The minimum absolute atomic E-state index is 0.0480. The summed E-state index contributed by atoms with van der Waals surface area (Å²) < 4.78 is 6.43. The highest BCUT2D eigenvalue weighted by Gasteiger charge is 2.73. The molecule has 1 heterocycles. The highest BCUT2D eigenvalue weighted by molar-refractivity contribution is 5.38. The first-order chi connectivity index (χ1) is 14.1. The Labute approximate surface area is 184 Å². The van der Waals surface area contributed by atoms with E-state index in [1.165, 1.54) is 25.7 Å². The Morgan fingerprint density at radius 3 is 2.50 bits per heavy atom. The smallest absolute Gasteiger partial charge is 0.107 e. The van der Waals surface area contributed by atoms with Crippen molar-refractivity contribution in [2.24, 2.45) is 46.3 Å². The maximum absolute atomic E-state index is 10.4. The highest BCUT2D eigenvalue weighted by Crippen LogP contribution is 2.72. The lowest BCUT2D eigenvalue weighted by molar-refractivity contribution is -0.0527. The molecule has 4 fully saturated rings. The topological polar surface area (TPSA) is 32.8 Å². The van der Waals surface area contributed by atoms with Crippen LogP contribution in [0.5, 0.6) is 0 Å². The second-order valence-corrected chi connectivity index (χ2v) is 12.6. The molecule has 10 atom stereocenters. The van der Waals surface area contributed by atoms with Crippen LogP contribution in [0.3, 0.4) is 0 Å². The summed E-state index contributed by atoms with van der Waals surface area (Å²) in [5.41, 5.74) is 2.38. The highest BCUT2D eigenvalue weighted by atomic mass is 16.6. The van der Waals surface area contributed by atoms with E-state index in [4.69, 9.17) is 4.74 Å². The number of aliphatic hydroxyl groups excluding tert-OH is 1. The number of aliphatic hydroxyl groups is 1. The monoisotopic (exact) mass is 412 g/mol. The van der Waals surface area contributed by atoms with Gasteiger partial charge in [-0.25, -0.2) is 0 Å². The summed E-state index contributed by atoms with van der Waals surface area (Å²) in [6, 6.07) is 0. The summed E-state index contributed by atoms with van der Waals surface area (Å²) >= 11 is 0. The molecule has 2 heteroatoms. The molecule has 0 radical (unpaired) electrons. The molecule has 2 nitrogen and oxygen atoms in total. The molecule has 0 unspecified atom stereocenters. The molecule has 5 rings (SSSR count). The summed E-state index contributed by atoms with van der Waals surface area (Å²) in [5, 5.41) is 10.4. The predicted octanol–water partition coefficient (Wildman–Crippen LogP) is 6.54. The van der Waals surface area contributed by atoms with Crippen LogP contribution in [0.4, 0.5) is 0 Å². The van der Waals surface area contributed by atoms with E-state index in [1.807, 2.05) is 0 Å². The molecule has 0 aromatic rings. The van der Waals surface area contributed by atoms with Crippen LogP contribution in [0.15, 0.2) is 23.8 Å². The van der Waals surface area contributed by atoms with Crippen molar-refractivity contribution in [1.29, 1.82) is 0 Å². The molecule has 0 bridgehead atoms. The average molecular weight is 413 g/mol. The van der Waals surface area contributed by atoms with Crippen molar-refractivity contribution in [3.63, 3.8) is 0 Å². The molecule has 30 heavy (non-hydrogen) atoms. The molecular weight excluding hydrogens is 368 g/mol. The first-order valence-electron chi connectivity index (χ1n) is 12.9. The van der Waals surface area contributed by atoms with Crippen molar-refractivity contribution in [3.8, 4) is 0 Å². The van der Waals surface area contributed by atoms with Crippen molar-refractivity contribution < 1.29 is 9.84 Å². The molecule has 1 spiro atoms. The van der Waals surface area contributed by atoms with Crippen molar-refractivity contribution in [2.45, 2.75) is 104 Å². The van der Waals surface area contributed by atoms with Crippen LogP contribution in [0.2, 0.25) is 0 Å². The Kier molecular flexibility index (Phi) is 4.92. The van der Waals surface area contributed by atoms with Gasteiger partial charge in [0.15, 0.2) is 0 Å². The first-order valence-corrected chi connectivity index (χ1v) is 12.9. The van der Waals surface area contributed by atoms with Crippen LogP contribution in [-0.4, -0.2) is 22.9 Å². The van der Waals surface area contributed by atoms with E-state index < -0.39 is 0 Å². The third-order valence-electron chi connectivity index (χ3n) is 10.9. The molecule has 4 aliphatic carbocycles. The standard InChI is InChI=1S/C28H44O2/c1-17(2)18(3)7-8-19(4)22-9-10-23-21-15-25-28(30-25)16-20(29)11-14-27(28,6)24(21)12-13-26(22,23)5/h7-8,15,17-20,22-25,29H,9-14,16H2,1-6H3/b8-7+/t18-,19+,20+,22-,23+,24-,25-,26-,27-,28+/m0/s1. The van der Waals surface area contributed by atoms with E-state index in [1.54, 1.807) is 5.57 Å². The fourth-order valence-electron chi connectivity index (χ4n) is 8.52. The quantitative estimate of drug-likeness (QED) is 0.420. The van der Waals surface area contributed by atoms with Gasteiger partial charge in [0.05, 0.1) is 6.10 Å². The van der Waals surface area contributed by atoms with Crippen LogP contribution in [0.1, 0.15) is 86.5 Å². The fraction of sp³-hybridized carbons (Fsp3) is 0.857. The number of epoxide rings is 1. The maximum atomic E-state index is 10.4. The van der Waals surface area contributed by atoms with Crippen molar-refractivity contribution in [3.05, 3.63) is 23.8 Å². The number of fused-ring (bicyclic) bond motifs is 4. The lowest BCUT2D eigenvalue weighted by atomic mass is 9.47. The number of ether oxygens (including phenoxy) is 1. The van der Waals surface area contributed by atoms with Crippen LogP contribution in [0, 0.1) is 46.3 Å². The minimum atomic E-state index is -0.163. The van der Waals surface area contributed by atoms with Gasteiger partial charge >= 0.3 is 0 Å². The Morgan fingerprint density at radius 1 is 1.00 bits per heavy atom. The molecule has 0 aromatic heterocycles. The van der Waals surface area contributed by atoms with Crippen LogP contribution in [-0.2, 0) is 4.74 Å². The Balaban J connectivity index is 1.40. The summed E-state index contributed by atoms with van der Waals surface area (Å²) in [5.74, 6) is 4.26. The summed E-state index contributed by atoms with van der Waals surface area (Å²) in [6.07, 6.45) is 16.0. The van der Waals surface area contributed by atoms with Crippen molar-refractivity contribution >= 4 is 0 Å². The molecule has 5 aliphatic rings. The molecule has 168 valence electrons. The van der Waals surface area contributed by atoms with E-state index in [9.17, 15) is 5.11 Å².